The van der Waals surface area contributed by atoms with Crippen molar-refractivity contribution in [3.05, 3.63) is 17.6 Å². The normalized spacial score (nSPS) is 14.2. The van der Waals surface area contributed by atoms with Crippen LogP contribution >= 0.6 is 0 Å². The maximum Gasteiger partial charge on any atom is 0.288 e. The number of hydrogen-bond donors (Lipinski definition) is 1. The number of nitrogens with zero attached hydrogens (tertiary/aromatic N) is 2. The van der Waals surface area contributed by atoms with Gasteiger partial charge in [-0.15, -0.1) is 0 Å². The van der Waals surface area contributed by atoms with E-state index in [4.69, 9.17) is 0 Å². The highest BCUT2D eigenvalue weighted by atomic mass is 15.1. The van der Waals surface area contributed by atoms with Gasteiger partial charge in [0.05, 0.1) is 12.6 Å². The molecular formula is C9H14N3+. The van der Waals surface area contributed by atoms with Gasteiger partial charge in [-0.25, -0.2) is 4.57 Å². The molecule has 0 radical (unpaired) electrons. The van der Waals surface area contributed by atoms with Crippen molar-refractivity contribution in [3.63, 3.8) is 0 Å². The number of anilines is 1. The minimum Gasteiger partial charge on any atom is -0.349 e. The summed E-state index contributed by atoms with van der Waals surface area (Å²) in [6, 6.07) is 0. The molecule has 1 aliphatic rings. The SMILES string of the molecule is CCc1c2c(nc[n+]1C)NCC2. The summed E-state index contributed by atoms with van der Waals surface area (Å²) in [5.41, 5.74) is 2.81. The molecule has 2 heterocycles. The van der Waals surface area contributed by atoms with Crippen LogP contribution in [0.15, 0.2) is 6.33 Å². The van der Waals surface area contributed by atoms with E-state index in [1.165, 1.54) is 11.3 Å². The van der Waals surface area contributed by atoms with Crippen LogP contribution in [-0.4, -0.2) is 11.5 Å². The Morgan fingerprint density at radius 1 is 1.67 bits per heavy atom. The van der Waals surface area contributed by atoms with E-state index in [9.17, 15) is 0 Å². The Morgan fingerprint density at radius 2 is 2.50 bits per heavy atom. The summed E-state index contributed by atoms with van der Waals surface area (Å²) in [5.74, 6) is 1.09. The van der Waals surface area contributed by atoms with Crippen LogP contribution in [0.4, 0.5) is 5.82 Å². The minimum absolute atomic E-state index is 1.04. The summed E-state index contributed by atoms with van der Waals surface area (Å²) in [5, 5.41) is 3.28. The fourth-order valence-electron chi connectivity index (χ4n) is 1.83. The molecule has 0 aromatic carbocycles. The first-order valence-corrected chi connectivity index (χ1v) is 4.43. The zero-order valence-electron chi connectivity index (χ0n) is 7.59. The van der Waals surface area contributed by atoms with E-state index in [1.807, 2.05) is 6.33 Å². The zero-order valence-corrected chi connectivity index (χ0v) is 7.59. The van der Waals surface area contributed by atoms with E-state index in [2.05, 4.69) is 28.8 Å². The molecule has 1 N–H and O–H groups in total. The Kier molecular flexibility index (Phi) is 1.71. The number of rotatable bonds is 1. The van der Waals surface area contributed by atoms with Gasteiger partial charge >= 0.3 is 0 Å². The van der Waals surface area contributed by atoms with Gasteiger partial charge < -0.3 is 5.32 Å². The largest absolute Gasteiger partial charge is 0.349 e. The second-order valence-electron chi connectivity index (χ2n) is 3.16. The van der Waals surface area contributed by atoms with Gasteiger partial charge in [0.25, 0.3) is 6.33 Å². The van der Waals surface area contributed by atoms with E-state index in [0.29, 0.717) is 0 Å². The average Bonchev–Trinajstić information content (AvgIpc) is 2.52. The fraction of sp³-hybridized carbons (Fsp3) is 0.556. The molecule has 0 saturated heterocycles. The number of fused-ring (bicyclic) bond motifs is 1. The Balaban J connectivity index is 2.57. The molecular weight excluding hydrogens is 150 g/mol. The third-order valence-electron chi connectivity index (χ3n) is 2.42. The van der Waals surface area contributed by atoms with Crippen molar-refractivity contribution in [2.24, 2.45) is 7.05 Å². The standard InChI is InChI=1S/C9H13N3/c1-3-8-7-4-5-10-9(7)11-6-12(8)2/h6H,3-5H2,1-2H3/p+1. The van der Waals surface area contributed by atoms with E-state index in [0.717, 1.165) is 25.2 Å². The lowest BCUT2D eigenvalue weighted by Gasteiger charge is -2.01. The molecule has 3 heteroatoms. The van der Waals surface area contributed by atoms with Gasteiger partial charge in [-0.05, 0) is 11.4 Å². The Hall–Kier alpha value is -1.12. The molecule has 0 atom stereocenters. The lowest BCUT2D eigenvalue weighted by atomic mass is 10.1. The number of aromatic nitrogens is 2. The second kappa shape index (κ2) is 2.73. The Labute approximate surface area is 72.4 Å². The van der Waals surface area contributed by atoms with Crippen LogP contribution in [0, 0.1) is 0 Å². The summed E-state index contributed by atoms with van der Waals surface area (Å²) in [4.78, 5) is 4.32. The summed E-state index contributed by atoms with van der Waals surface area (Å²) < 4.78 is 2.12. The van der Waals surface area contributed by atoms with E-state index < -0.39 is 0 Å². The monoisotopic (exact) mass is 164 g/mol. The molecule has 2 rings (SSSR count). The molecule has 0 unspecified atom stereocenters. The molecule has 1 aliphatic heterocycles. The van der Waals surface area contributed by atoms with Crippen LogP contribution in [0.1, 0.15) is 18.2 Å². The topological polar surface area (TPSA) is 28.8 Å². The smallest absolute Gasteiger partial charge is 0.288 e. The molecule has 1 aromatic rings. The highest BCUT2D eigenvalue weighted by Crippen LogP contribution is 2.20. The fourth-order valence-corrected chi connectivity index (χ4v) is 1.83. The molecule has 12 heavy (non-hydrogen) atoms. The van der Waals surface area contributed by atoms with Crippen LogP contribution in [0.5, 0.6) is 0 Å². The van der Waals surface area contributed by atoms with Gasteiger partial charge in [0.1, 0.15) is 5.69 Å². The first-order valence-electron chi connectivity index (χ1n) is 4.43. The predicted molar refractivity (Wildman–Crippen MR) is 47.0 cm³/mol. The van der Waals surface area contributed by atoms with Gasteiger partial charge in [0, 0.05) is 13.0 Å². The number of hydrogen-bond acceptors (Lipinski definition) is 2. The average molecular weight is 164 g/mol. The summed E-state index contributed by atoms with van der Waals surface area (Å²) in [6.45, 7) is 3.23. The van der Waals surface area contributed by atoms with Gasteiger partial charge in [0.2, 0.25) is 5.82 Å². The van der Waals surface area contributed by atoms with Gasteiger partial charge in [-0.1, -0.05) is 6.92 Å². The molecule has 0 spiro atoms. The molecule has 0 amide bonds. The van der Waals surface area contributed by atoms with E-state index in [-0.39, 0.29) is 0 Å². The number of aryl methyl sites for hydroxylation is 1. The summed E-state index contributed by atoms with van der Waals surface area (Å²) in [7, 11) is 2.06. The van der Waals surface area contributed by atoms with Gasteiger partial charge in [-0.3, -0.25) is 0 Å². The molecule has 0 saturated carbocycles. The third kappa shape index (κ3) is 0.967. The van der Waals surface area contributed by atoms with Gasteiger partial charge in [-0.2, -0.15) is 0 Å². The van der Waals surface area contributed by atoms with Crippen LogP contribution in [0.3, 0.4) is 0 Å². The third-order valence-corrected chi connectivity index (χ3v) is 2.42. The molecule has 64 valence electrons. The quantitative estimate of drug-likeness (QED) is 0.610. The minimum atomic E-state index is 1.04. The van der Waals surface area contributed by atoms with Crippen molar-refractivity contribution < 1.29 is 4.57 Å². The Bertz CT molecular complexity index is 307. The molecule has 1 aromatic heterocycles. The summed E-state index contributed by atoms with van der Waals surface area (Å²) in [6.07, 6.45) is 4.10. The maximum atomic E-state index is 4.32. The Morgan fingerprint density at radius 3 is 3.25 bits per heavy atom. The molecule has 3 nitrogen and oxygen atoms in total. The second-order valence-corrected chi connectivity index (χ2v) is 3.16. The highest BCUT2D eigenvalue weighted by Gasteiger charge is 2.22. The zero-order chi connectivity index (χ0) is 8.55. The van der Waals surface area contributed by atoms with Crippen molar-refractivity contribution in [1.29, 1.82) is 0 Å². The van der Waals surface area contributed by atoms with Crippen LogP contribution in [0.25, 0.3) is 0 Å². The first kappa shape index (κ1) is 7.53. The first-order chi connectivity index (χ1) is 5.83. The molecule has 0 fully saturated rings. The molecule has 0 bridgehead atoms. The van der Waals surface area contributed by atoms with Crippen molar-refractivity contribution in [2.45, 2.75) is 19.8 Å². The van der Waals surface area contributed by atoms with Crippen LogP contribution in [-0.2, 0) is 19.9 Å². The van der Waals surface area contributed by atoms with Crippen molar-refractivity contribution in [1.82, 2.24) is 4.98 Å². The lowest BCUT2D eigenvalue weighted by Crippen LogP contribution is -2.34. The van der Waals surface area contributed by atoms with Crippen LogP contribution in [0.2, 0.25) is 0 Å². The predicted octanol–water partition coefficient (Wildman–Crippen LogP) is 0.436. The maximum absolute atomic E-state index is 4.32. The highest BCUT2D eigenvalue weighted by molar-refractivity contribution is 5.49. The van der Waals surface area contributed by atoms with Crippen LogP contribution < -0.4 is 9.88 Å². The van der Waals surface area contributed by atoms with Gasteiger partial charge in [0.15, 0.2) is 0 Å². The van der Waals surface area contributed by atoms with Crippen molar-refractivity contribution in [2.75, 3.05) is 11.9 Å². The van der Waals surface area contributed by atoms with Crippen molar-refractivity contribution in [3.8, 4) is 0 Å². The lowest BCUT2D eigenvalue weighted by molar-refractivity contribution is -0.682. The van der Waals surface area contributed by atoms with E-state index >= 15 is 0 Å². The van der Waals surface area contributed by atoms with E-state index in [1.54, 1.807) is 0 Å². The summed E-state index contributed by atoms with van der Waals surface area (Å²) >= 11 is 0. The molecule has 0 aliphatic carbocycles. The van der Waals surface area contributed by atoms with Crippen molar-refractivity contribution >= 4 is 5.82 Å². The number of nitrogens with one attached hydrogen (secondary N) is 1.